The van der Waals surface area contributed by atoms with Crippen molar-refractivity contribution in [3.8, 4) is 0 Å². The highest BCUT2D eigenvalue weighted by Crippen LogP contribution is 2.25. The molecule has 0 radical (unpaired) electrons. The Labute approximate surface area is 131 Å². The van der Waals surface area contributed by atoms with E-state index in [0.29, 0.717) is 16.1 Å². The normalized spacial score (nSPS) is 22.2. The predicted octanol–water partition coefficient (Wildman–Crippen LogP) is 0.481. The number of fused-ring (bicyclic) bond motifs is 1. The van der Waals surface area contributed by atoms with E-state index >= 15 is 0 Å². The first-order chi connectivity index (χ1) is 11.0. The molecule has 0 bridgehead atoms. The molecule has 0 heterocycles. The van der Waals surface area contributed by atoms with Crippen molar-refractivity contribution in [1.29, 1.82) is 0 Å². The van der Waals surface area contributed by atoms with Crippen LogP contribution in [0.2, 0.25) is 0 Å². The molecule has 116 valence electrons. The number of anilines is 1. The van der Waals surface area contributed by atoms with Gasteiger partial charge in [-0.15, -0.1) is 0 Å². The van der Waals surface area contributed by atoms with Crippen LogP contribution in [0, 0.1) is 16.0 Å². The SMILES string of the molecule is O=C(Nc1ccccc1)C1C=c2ccccc2=CC1(O)[N+](=O)[O-]. The summed E-state index contributed by atoms with van der Waals surface area (Å²) in [6.07, 6.45) is 2.55. The van der Waals surface area contributed by atoms with E-state index in [0.717, 1.165) is 6.08 Å². The number of nitrogens with zero attached hydrogens (tertiary/aromatic N) is 1. The van der Waals surface area contributed by atoms with Crippen molar-refractivity contribution in [2.45, 2.75) is 5.72 Å². The van der Waals surface area contributed by atoms with Gasteiger partial charge in [-0.3, -0.25) is 14.9 Å². The number of nitrogens with one attached hydrogen (secondary N) is 1. The highest BCUT2D eigenvalue weighted by molar-refractivity contribution is 5.97. The summed E-state index contributed by atoms with van der Waals surface area (Å²) in [5, 5.41) is 25.6. The van der Waals surface area contributed by atoms with E-state index in [9.17, 15) is 20.0 Å². The van der Waals surface area contributed by atoms with E-state index in [1.807, 2.05) is 0 Å². The number of nitro groups is 1. The molecule has 0 fully saturated rings. The Kier molecular flexibility index (Phi) is 3.67. The lowest BCUT2D eigenvalue weighted by Crippen LogP contribution is -2.53. The second kappa shape index (κ2) is 5.66. The summed E-state index contributed by atoms with van der Waals surface area (Å²) in [5.41, 5.74) is -1.97. The van der Waals surface area contributed by atoms with Crippen LogP contribution in [0.1, 0.15) is 0 Å². The Bertz CT molecular complexity index is 879. The van der Waals surface area contributed by atoms with Crippen LogP contribution in [-0.4, -0.2) is 21.7 Å². The quantitative estimate of drug-likeness (QED) is 0.490. The van der Waals surface area contributed by atoms with Crippen molar-refractivity contribution in [2.24, 2.45) is 5.92 Å². The second-order valence-electron chi connectivity index (χ2n) is 5.31. The fourth-order valence-electron chi connectivity index (χ4n) is 2.59. The van der Waals surface area contributed by atoms with Crippen LogP contribution >= 0.6 is 0 Å². The minimum Gasteiger partial charge on any atom is -0.326 e. The zero-order valence-electron chi connectivity index (χ0n) is 12.0. The van der Waals surface area contributed by atoms with Gasteiger partial charge in [-0.05, 0) is 22.6 Å². The second-order valence-corrected chi connectivity index (χ2v) is 5.31. The first-order valence-electron chi connectivity index (χ1n) is 7.03. The summed E-state index contributed by atoms with van der Waals surface area (Å²) in [6, 6.07) is 15.5. The monoisotopic (exact) mass is 310 g/mol. The van der Waals surface area contributed by atoms with E-state index in [2.05, 4.69) is 5.32 Å². The summed E-state index contributed by atoms with van der Waals surface area (Å²) in [5.74, 6) is -1.96. The highest BCUT2D eigenvalue weighted by atomic mass is 16.7. The van der Waals surface area contributed by atoms with E-state index in [1.165, 1.54) is 6.08 Å². The van der Waals surface area contributed by atoms with Crippen molar-refractivity contribution in [1.82, 2.24) is 0 Å². The number of carbonyl (C=O) groups is 1. The van der Waals surface area contributed by atoms with Gasteiger partial charge in [0.05, 0.1) is 4.92 Å². The van der Waals surface area contributed by atoms with E-state index in [-0.39, 0.29) is 0 Å². The molecule has 0 aromatic heterocycles. The summed E-state index contributed by atoms with van der Waals surface area (Å²) >= 11 is 0. The van der Waals surface area contributed by atoms with Gasteiger partial charge in [-0.2, -0.15) is 0 Å². The van der Waals surface area contributed by atoms with Gasteiger partial charge < -0.3 is 10.4 Å². The maximum atomic E-state index is 12.5. The predicted molar refractivity (Wildman–Crippen MR) is 85.1 cm³/mol. The lowest BCUT2D eigenvalue weighted by Gasteiger charge is -2.25. The fourth-order valence-corrected chi connectivity index (χ4v) is 2.59. The summed E-state index contributed by atoms with van der Waals surface area (Å²) in [4.78, 5) is 23.0. The number of hydrogen-bond acceptors (Lipinski definition) is 4. The van der Waals surface area contributed by atoms with Gasteiger partial charge in [-0.25, -0.2) is 0 Å². The molecule has 0 spiro atoms. The molecule has 0 saturated heterocycles. The maximum Gasteiger partial charge on any atom is 0.358 e. The van der Waals surface area contributed by atoms with Crippen LogP contribution in [0.5, 0.6) is 0 Å². The summed E-state index contributed by atoms with van der Waals surface area (Å²) in [7, 11) is 0. The average Bonchev–Trinajstić information content (AvgIpc) is 2.55. The Morgan fingerprint density at radius 2 is 1.70 bits per heavy atom. The number of benzene rings is 2. The highest BCUT2D eigenvalue weighted by Gasteiger charge is 2.51. The van der Waals surface area contributed by atoms with Gasteiger partial charge in [0.1, 0.15) is 0 Å². The van der Waals surface area contributed by atoms with Gasteiger partial charge in [0.15, 0.2) is 5.92 Å². The smallest absolute Gasteiger partial charge is 0.326 e. The molecule has 1 amide bonds. The van der Waals surface area contributed by atoms with Crippen molar-refractivity contribution in [3.05, 3.63) is 75.1 Å². The topological polar surface area (TPSA) is 92.5 Å². The molecular formula is C17H14N2O4. The Balaban J connectivity index is 2.04. The zero-order valence-corrected chi connectivity index (χ0v) is 12.0. The molecule has 0 aliphatic heterocycles. The first kappa shape index (κ1) is 14.9. The third kappa shape index (κ3) is 2.72. The number of amides is 1. The minimum atomic E-state index is -2.48. The van der Waals surface area contributed by atoms with Crippen LogP contribution in [0.25, 0.3) is 12.2 Å². The number of rotatable bonds is 3. The molecule has 1 aliphatic carbocycles. The molecule has 2 N–H and O–H groups in total. The standard InChI is InChI=1S/C17H14N2O4/c20-16(18-14-8-2-1-3-9-14)15-10-12-6-4-5-7-13(12)11-17(15,21)19(22)23/h1-11,15,21H,(H,18,20). The van der Waals surface area contributed by atoms with Crippen LogP contribution in [0.3, 0.4) is 0 Å². The van der Waals surface area contributed by atoms with Crippen molar-refractivity contribution in [3.63, 3.8) is 0 Å². The Morgan fingerprint density at radius 1 is 1.09 bits per heavy atom. The molecular weight excluding hydrogens is 296 g/mol. The van der Waals surface area contributed by atoms with E-state index < -0.39 is 22.5 Å². The largest absolute Gasteiger partial charge is 0.358 e. The Hall–Kier alpha value is -2.99. The zero-order chi connectivity index (χ0) is 16.4. The summed E-state index contributed by atoms with van der Waals surface area (Å²) in [6.45, 7) is 0. The van der Waals surface area contributed by atoms with Crippen LogP contribution < -0.4 is 15.8 Å². The Morgan fingerprint density at radius 3 is 2.35 bits per heavy atom. The van der Waals surface area contributed by atoms with Crippen molar-refractivity contribution >= 4 is 23.7 Å². The number of hydrogen-bond donors (Lipinski definition) is 2. The summed E-state index contributed by atoms with van der Waals surface area (Å²) < 4.78 is 0. The molecule has 2 atom stereocenters. The molecule has 1 aliphatic rings. The van der Waals surface area contributed by atoms with Gasteiger partial charge in [0, 0.05) is 11.8 Å². The van der Waals surface area contributed by atoms with Crippen LogP contribution in [0.15, 0.2) is 54.6 Å². The molecule has 3 rings (SSSR count). The van der Waals surface area contributed by atoms with Gasteiger partial charge >= 0.3 is 5.72 Å². The molecule has 6 heteroatoms. The van der Waals surface area contributed by atoms with Crippen molar-refractivity contribution < 1.29 is 14.8 Å². The van der Waals surface area contributed by atoms with Crippen LogP contribution in [0.4, 0.5) is 5.69 Å². The molecule has 2 aromatic rings. The molecule has 2 aromatic carbocycles. The molecule has 2 unspecified atom stereocenters. The molecule has 23 heavy (non-hydrogen) atoms. The number of carbonyl (C=O) groups excluding carboxylic acids is 1. The lowest BCUT2D eigenvalue weighted by atomic mass is 9.88. The first-order valence-corrected chi connectivity index (χ1v) is 7.03. The number of para-hydroxylation sites is 1. The maximum absolute atomic E-state index is 12.5. The minimum absolute atomic E-state index is 0.510. The van der Waals surface area contributed by atoms with E-state index in [4.69, 9.17) is 0 Å². The fraction of sp³-hybridized carbons (Fsp3) is 0.118. The van der Waals surface area contributed by atoms with Crippen molar-refractivity contribution in [2.75, 3.05) is 5.32 Å². The van der Waals surface area contributed by atoms with E-state index in [1.54, 1.807) is 54.6 Å². The van der Waals surface area contributed by atoms with Crippen LogP contribution in [-0.2, 0) is 4.79 Å². The third-order valence-corrected chi connectivity index (χ3v) is 3.78. The molecule has 6 nitrogen and oxygen atoms in total. The molecule has 0 saturated carbocycles. The average molecular weight is 310 g/mol. The third-order valence-electron chi connectivity index (χ3n) is 3.78. The lowest BCUT2D eigenvalue weighted by molar-refractivity contribution is -0.605. The van der Waals surface area contributed by atoms with Gasteiger partial charge in [0.2, 0.25) is 5.91 Å². The van der Waals surface area contributed by atoms with Gasteiger partial charge in [-0.1, -0.05) is 48.5 Å². The number of aliphatic hydroxyl groups is 1. The van der Waals surface area contributed by atoms with Gasteiger partial charge in [0.25, 0.3) is 0 Å².